The molecule has 262 valence electrons. The van der Waals surface area contributed by atoms with Gasteiger partial charge in [-0.2, -0.15) is 31.4 Å². The number of carbonyl (C=O) groups is 2. The van der Waals surface area contributed by atoms with Crippen molar-refractivity contribution in [2.45, 2.75) is 96.0 Å². The number of hydrogen-bond donors (Lipinski definition) is 3. The smallest absolute Gasteiger partial charge is 0.390 e. The molecule has 0 saturated carbocycles. The number of aliphatic hydroxyl groups excluding tert-OH is 1. The highest BCUT2D eigenvalue weighted by molar-refractivity contribution is 5.98. The number of piperidine rings is 1. The zero-order valence-corrected chi connectivity index (χ0v) is 26.9. The van der Waals surface area contributed by atoms with Gasteiger partial charge in [-0.15, -0.1) is 0 Å². The molecule has 3 aromatic rings. The van der Waals surface area contributed by atoms with Crippen molar-refractivity contribution in [3.63, 3.8) is 0 Å². The monoisotopic (exact) mass is 681 g/mol. The molecule has 48 heavy (non-hydrogen) atoms. The van der Waals surface area contributed by atoms with E-state index >= 15 is 0 Å². The maximum absolute atomic E-state index is 13.6. The van der Waals surface area contributed by atoms with Gasteiger partial charge in [-0.05, 0) is 68.4 Å². The first-order valence-electron chi connectivity index (χ1n) is 16.1. The first-order chi connectivity index (χ1) is 22.7. The third-order valence-electron chi connectivity index (χ3n) is 8.45. The molecule has 3 atom stereocenters. The Kier molecular flexibility index (Phi) is 12.3. The minimum Gasteiger partial charge on any atom is -0.390 e. The number of aliphatic hydroxyl groups is 1. The molecular weight excluding hydrogens is 640 g/mol. The summed E-state index contributed by atoms with van der Waals surface area (Å²) in [5.41, 5.74) is -2.12. The predicted molar refractivity (Wildman–Crippen MR) is 167 cm³/mol. The molecule has 1 aliphatic heterocycles. The van der Waals surface area contributed by atoms with Crippen LogP contribution >= 0.6 is 0 Å². The van der Waals surface area contributed by atoms with E-state index in [1.807, 2.05) is 4.90 Å². The summed E-state index contributed by atoms with van der Waals surface area (Å²) < 4.78 is 81.3. The van der Waals surface area contributed by atoms with E-state index in [1.165, 1.54) is 10.7 Å². The van der Waals surface area contributed by atoms with Crippen molar-refractivity contribution in [1.29, 1.82) is 0 Å². The predicted octanol–water partition coefficient (Wildman–Crippen LogP) is 6.23. The summed E-state index contributed by atoms with van der Waals surface area (Å²) in [6, 6.07) is 10.8. The number of aromatic nitrogens is 2. The van der Waals surface area contributed by atoms with Crippen molar-refractivity contribution in [1.82, 2.24) is 25.3 Å². The minimum absolute atomic E-state index is 0.0221. The van der Waals surface area contributed by atoms with Gasteiger partial charge in [0.1, 0.15) is 5.69 Å². The molecule has 1 unspecified atom stereocenters. The van der Waals surface area contributed by atoms with Crippen LogP contribution in [0, 0.1) is 0 Å². The van der Waals surface area contributed by atoms with E-state index in [9.17, 15) is 41.0 Å². The molecule has 2 aromatic carbocycles. The standard InChI is InChI=1S/C34H41F6N5O3/c1-3-10-26-13-8-9-14-44(26)32(48)29-19-28(43-45(29)4-2)31(47)42-27(17-22-11-6-5-7-12-22)30(46)21-41-20-23-15-24(33(35,36)37)18-25(16-23)34(38,39)40/h5-7,11-12,15-16,18-19,26-27,30,41,46H,3-4,8-10,13-14,17,20-21H2,1-2H3,(H,42,47)/t26?,27-,30+/m0/s1. The van der Waals surface area contributed by atoms with Crippen molar-refractivity contribution in [3.8, 4) is 0 Å². The van der Waals surface area contributed by atoms with Crippen LogP contribution in [0.2, 0.25) is 0 Å². The quantitative estimate of drug-likeness (QED) is 0.186. The van der Waals surface area contributed by atoms with Gasteiger partial charge < -0.3 is 20.6 Å². The molecule has 3 N–H and O–H groups in total. The summed E-state index contributed by atoms with van der Waals surface area (Å²) in [5.74, 6) is -0.845. The molecule has 4 rings (SSSR count). The molecule has 1 aliphatic rings. The second-order valence-corrected chi connectivity index (χ2v) is 12.0. The third kappa shape index (κ3) is 9.59. The Morgan fingerprint density at radius 1 is 0.958 bits per heavy atom. The van der Waals surface area contributed by atoms with Crippen molar-refractivity contribution in [2.75, 3.05) is 13.1 Å². The zero-order chi connectivity index (χ0) is 35.1. The maximum Gasteiger partial charge on any atom is 0.416 e. The molecule has 2 amide bonds. The van der Waals surface area contributed by atoms with Crippen LogP contribution < -0.4 is 10.6 Å². The van der Waals surface area contributed by atoms with Gasteiger partial charge in [-0.25, -0.2) is 0 Å². The SMILES string of the molecule is CCCC1CCCCN1C(=O)c1cc(C(=O)N[C@@H](Cc2ccccc2)[C@H](O)CNCc2cc(C(F)(F)F)cc(C(F)(F)F)c2)nn1CC. The first kappa shape index (κ1) is 36.9. The highest BCUT2D eigenvalue weighted by Crippen LogP contribution is 2.36. The van der Waals surface area contributed by atoms with Crippen LogP contribution in [0.25, 0.3) is 0 Å². The largest absolute Gasteiger partial charge is 0.416 e. The molecule has 0 bridgehead atoms. The molecule has 14 heteroatoms. The van der Waals surface area contributed by atoms with Crippen LogP contribution in [0.15, 0.2) is 54.6 Å². The fourth-order valence-corrected chi connectivity index (χ4v) is 6.01. The van der Waals surface area contributed by atoms with Crippen molar-refractivity contribution < 1.29 is 41.0 Å². The third-order valence-corrected chi connectivity index (χ3v) is 8.45. The number of nitrogens with zero attached hydrogens (tertiary/aromatic N) is 3. The lowest BCUT2D eigenvalue weighted by Crippen LogP contribution is -2.48. The van der Waals surface area contributed by atoms with Crippen molar-refractivity contribution >= 4 is 11.8 Å². The van der Waals surface area contributed by atoms with E-state index < -0.39 is 48.1 Å². The zero-order valence-electron chi connectivity index (χ0n) is 26.9. The highest BCUT2D eigenvalue weighted by Gasteiger charge is 2.37. The number of carbonyl (C=O) groups excluding carboxylic acids is 2. The van der Waals surface area contributed by atoms with Crippen LogP contribution in [0.4, 0.5) is 26.3 Å². The Hall–Kier alpha value is -3.91. The number of nitrogens with one attached hydrogen (secondary N) is 2. The number of alkyl halides is 6. The lowest BCUT2D eigenvalue weighted by atomic mass is 9.98. The number of halogens is 6. The van der Waals surface area contributed by atoms with E-state index in [-0.39, 0.29) is 47.9 Å². The van der Waals surface area contributed by atoms with E-state index in [4.69, 9.17) is 0 Å². The van der Waals surface area contributed by atoms with Crippen LogP contribution in [-0.2, 0) is 31.9 Å². The molecule has 1 fully saturated rings. The fraction of sp³-hybridized carbons (Fsp3) is 0.500. The number of amides is 2. The second-order valence-electron chi connectivity index (χ2n) is 12.0. The van der Waals surface area contributed by atoms with Gasteiger partial charge in [-0.3, -0.25) is 14.3 Å². The second kappa shape index (κ2) is 16.0. The average Bonchev–Trinajstić information content (AvgIpc) is 3.49. The first-order valence-corrected chi connectivity index (χ1v) is 16.1. The van der Waals surface area contributed by atoms with Gasteiger partial charge >= 0.3 is 12.4 Å². The topological polar surface area (TPSA) is 99.5 Å². The van der Waals surface area contributed by atoms with Crippen LogP contribution in [-0.4, -0.2) is 62.9 Å². The van der Waals surface area contributed by atoms with Gasteiger partial charge in [-0.1, -0.05) is 43.7 Å². The normalized spacial score (nSPS) is 16.9. The Morgan fingerprint density at radius 2 is 1.62 bits per heavy atom. The summed E-state index contributed by atoms with van der Waals surface area (Å²) in [7, 11) is 0. The Morgan fingerprint density at radius 3 is 2.23 bits per heavy atom. The summed E-state index contributed by atoms with van der Waals surface area (Å²) >= 11 is 0. The average molecular weight is 682 g/mol. The fourth-order valence-electron chi connectivity index (χ4n) is 6.01. The lowest BCUT2D eigenvalue weighted by Gasteiger charge is -2.35. The van der Waals surface area contributed by atoms with Gasteiger partial charge in [0.05, 0.1) is 23.3 Å². The van der Waals surface area contributed by atoms with E-state index in [2.05, 4.69) is 22.7 Å². The van der Waals surface area contributed by atoms with Gasteiger partial charge in [0, 0.05) is 38.3 Å². The van der Waals surface area contributed by atoms with Crippen LogP contribution in [0.5, 0.6) is 0 Å². The minimum atomic E-state index is -4.99. The van der Waals surface area contributed by atoms with E-state index in [0.29, 0.717) is 25.2 Å². The Bertz CT molecular complexity index is 1490. The Balaban J connectivity index is 1.50. The van der Waals surface area contributed by atoms with Crippen LogP contribution in [0.3, 0.4) is 0 Å². The lowest BCUT2D eigenvalue weighted by molar-refractivity contribution is -0.143. The Labute approximate surface area is 275 Å². The molecule has 1 saturated heterocycles. The van der Waals surface area contributed by atoms with Gasteiger partial charge in [0.2, 0.25) is 0 Å². The van der Waals surface area contributed by atoms with Crippen molar-refractivity contribution in [2.24, 2.45) is 0 Å². The molecule has 0 radical (unpaired) electrons. The number of benzene rings is 2. The summed E-state index contributed by atoms with van der Waals surface area (Å²) in [5, 5.41) is 21.0. The molecular formula is C34H41F6N5O3. The number of likely N-dealkylation sites (tertiary alicyclic amines) is 1. The highest BCUT2D eigenvalue weighted by atomic mass is 19.4. The molecule has 0 spiro atoms. The summed E-state index contributed by atoms with van der Waals surface area (Å²) in [6.45, 7) is 4.17. The van der Waals surface area contributed by atoms with Crippen molar-refractivity contribution in [3.05, 3.63) is 88.2 Å². The molecule has 2 heterocycles. The van der Waals surface area contributed by atoms with E-state index in [1.54, 1.807) is 37.3 Å². The molecule has 8 nitrogen and oxygen atoms in total. The van der Waals surface area contributed by atoms with Crippen LogP contribution in [0.1, 0.15) is 89.2 Å². The summed E-state index contributed by atoms with van der Waals surface area (Å²) in [6.07, 6.45) is -6.45. The number of rotatable bonds is 13. The number of aryl methyl sites for hydroxylation is 1. The number of hydrogen-bond acceptors (Lipinski definition) is 5. The molecule has 1 aromatic heterocycles. The molecule has 0 aliphatic carbocycles. The van der Waals surface area contributed by atoms with Gasteiger partial charge in [0.15, 0.2) is 5.69 Å². The maximum atomic E-state index is 13.6. The van der Waals surface area contributed by atoms with E-state index in [0.717, 1.165) is 37.7 Å². The van der Waals surface area contributed by atoms with Gasteiger partial charge in [0.25, 0.3) is 11.8 Å². The summed E-state index contributed by atoms with van der Waals surface area (Å²) in [4.78, 5) is 29.0.